The average molecular weight is 467 g/mol. The minimum absolute atomic E-state index is 0.114. The summed E-state index contributed by atoms with van der Waals surface area (Å²) in [5.41, 5.74) is 6.44. The third-order valence-corrected chi connectivity index (χ3v) is 4.78. The summed E-state index contributed by atoms with van der Waals surface area (Å²) in [6, 6.07) is 21.4. The summed E-state index contributed by atoms with van der Waals surface area (Å²) in [6.45, 7) is 4.29. The number of rotatable bonds is 8. The fourth-order valence-corrected chi connectivity index (χ4v) is 3.18. The van der Waals surface area contributed by atoms with Gasteiger partial charge in [-0.05, 0) is 49.2 Å². The van der Waals surface area contributed by atoms with Gasteiger partial charge in [-0.2, -0.15) is 5.10 Å². The van der Waals surface area contributed by atoms with Crippen molar-refractivity contribution < 1.29 is 14.3 Å². The maximum Gasteiger partial charge on any atom is 0.277 e. The molecule has 0 saturated heterocycles. The van der Waals surface area contributed by atoms with E-state index in [1.165, 1.54) is 0 Å². The SMILES string of the molecule is Cc1ccc(OCC(=O)NN=Cc2cc(Br)ccc2OCc2ccccc2)c(C)c1. The van der Waals surface area contributed by atoms with Gasteiger partial charge < -0.3 is 9.47 Å². The van der Waals surface area contributed by atoms with Crippen LogP contribution in [0.1, 0.15) is 22.3 Å². The number of benzene rings is 3. The van der Waals surface area contributed by atoms with Gasteiger partial charge in [0, 0.05) is 10.0 Å². The van der Waals surface area contributed by atoms with E-state index in [-0.39, 0.29) is 12.5 Å². The number of carbonyl (C=O) groups excluding carboxylic acids is 1. The minimum atomic E-state index is -0.340. The van der Waals surface area contributed by atoms with Crippen molar-refractivity contribution in [1.29, 1.82) is 0 Å². The Morgan fingerprint density at radius 3 is 2.53 bits per heavy atom. The van der Waals surface area contributed by atoms with Gasteiger partial charge >= 0.3 is 0 Å². The first kappa shape index (κ1) is 21.6. The number of halogens is 1. The van der Waals surface area contributed by atoms with Crippen molar-refractivity contribution in [1.82, 2.24) is 5.43 Å². The number of hydrazone groups is 1. The molecular formula is C24H23BrN2O3. The number of nitrogens with one attached hydrogen (secondary N) is 1. The molecule has 3 aromatic carbocycles. The van der Waals surface area contributed by atoms with Gasteiger partial charge in [0.05, 0.1) is 6.21 Å². The Bertz CT molecular complexity index is 1040. The lowest BCUT2D eigenvalue weighted by Crippen LogP contribution is -2.24. The second-order valence-electron chi connectivity index (χ2n) is 6.81. The number of nitrogens with zero attached hydrogens (tertiary/aromatic N) is 1. The highest BCUT2D eigenvalue weighted by atomic mass is 79.9. The predicted octanol–water partition coefficient (Wildman–Crippen LogP) is 5.17. The molecule has 0 aliphatic rings. The van der Waals surface area contributed by atoms with Crippen LogP contribution in [0.3, 0.4) is 0 Å². The molecule has 0 unspecified atom stereocenters. The summed E-state index contributed by atoms with van der Waals surface area (Å²) < 4.78 is 12.4. The molecule has 0 aromatic heterocycles. The topological polar surface area (TPSA) is 59.9 Å². The molecule has 0 radical (unpaired) electrons. The highest BCUT2D eigenvalue weighted by Crippen LogP contribution is 2.23. The first-order valence-electron chi connectivity index (χ1n) is 9.49. The lowest BCUT2D eigenvalue weighted by molar-refractivity contribution is -0.123. The number of hydrogen-bond donors (Lipinski definition) is 1. The standard InChI is InChI=1S/C24H23BrN2O3/c1-17-8-10-22(18(2)12-17)30-16-24(28)27-26-14-20-13-21(25)9-11-23(20)29-15-19-6-4-3-5-7-19/h3-14H,15-16H2,1-2H3,(H,27,28). The largest absolute Gasteiger partial charge is 0.488 e. The molecule has 0 aliphatic heterocycles. The van der Waals surface area contributed by atoms with Crippen LogP contribution in [0.2, 0.25) is 0 Å². The van der Waals surface area contributed by atoms with Crippen LogP contribution < -0.4 is 14.9 Å². The van der Waals surface area contributed by atoms with Crippen LogP contribution in [-0.2, 0) is 11.4 Å². The van der Waals surface area contributed by atoms with Gasteiger partial charge in [-0.15, -0.1) is 0 Å². The molecule has 154 valence electrons. The van der Waals surface area contributed by atoms with Gasteiger partial charge in [0.25, 0.3) is 5.91 Å². The van der Waals surface area contributed by atoms with Crippen molar-refractivity contribution in [3.8, 4) is 11.5 Å². The maximum absolute atomic E-state index is 12.1. The molecule has 0 spiro atoms. The molecule has 3 aromatic rings. The number of aryl methyl sites for hydroxylation is 2. The van der Waals surface area contributed by atoms with E-state index >= 15 is 0 Å². The predicted molar refractivity (Wildman–Crippen MR) is 122 cm³/mol. The first-order chi connectivity index (χ1) is 14.5. The van der Waals surface area contributed by atoms with Crippen molar-refractivity contribution in [3.63, 3.8) is 0 Å². The molecule has 3 rings (SSSR count). The van der Waals surface area contributed by atoms with Crippen molar-refractivity contribution in [2.75, 3.05) is 6.61 Å². The molecule has 5 nitrogen and oxygen atoms in total. The van der Waals surface area contributed by atoms with Crippen molar-refractivity contribution in [3.05, 3.63) is 93.5 Å². The van der Waals surface area contributed by atoms with Gasteiger partial charge in [0.1, 0.15) is 18.1 Å². The van der Waals surface area contributed by atoms with E-state index in [9.17, 15) is 4.79 Å². The van der Waals surface area contributed by atoms with Gasteiger partial charge in [-0.25, -0.2) is 5.43 Å². The van der Waals surface area contributed by atoms with E-state index < -0.39 is 0 Å². The lowest BCUT2D eigenvalue weighted by atomic mass is 10.1. The smallest absolute Gasteiger partial charge is 0.277 e. The molecule has 0 bridgehead atoms. The van der Waals surface area contributed by atoms with Crippen LogP contribution in [0.4, 0.5) is 0 Å². The summed E-state index contributed by atoms with van der Waals surface area (Å²) in [5.74, 6) is 1.02. The van der Waals surface area contributed by atoms with Gasteiger partial charge in [-0.3, -0.25) is 4.79 Å². The quantitative estimate of drug-likeness (QED) is 0.367. The number of ether oxygens (including phenoxy) is 2. The minimum Gasteiger partial charge on any atom is -0.488 e. The Kier molecular flexibility index (Phi) is 7.63. The summed E-state index contributed by atoms with van der Waals surface area (Å²) in [6.07, 6.45) is 1.56. The van der Waals surface area contributed by atoms with E-state index in [4.69, 9.17) is 9.47 Å². The molecule has 0 aliphatic carbocycles. The molecule has 6 heteroatoms. The first-order valence-corrected chi connectivity index (χ1v) is 10.3. The zero-order valence-corrected chi connectivity index (χ0v) is 18.5. The number of amides is 1. The monoisotopic (exact) mass is 466 g/mol. The number of carbonyl (C=O) groups is 1. The van der Waals surface area contributed by atoms with Gasteiger partial charge in [0.2, 0.25) is 0 Å². The molecule has 0 atom stereocenters. The Hall–Kier alpha value is -3.12. The maximum atomic E-state index is 12.1. The summed E-state index contributed by atoms with van der Waals surface area (Å²) in [5, 5.41) is 4.04. The summed E-state index contributed by atoms with van der Waals surface area (Å²) in [4.78, 5) is 12.1. The van der Waals surface area contributed by atoms with Gasteiger partial charge in [0.15, 0.2) is 6.61 Å². The molecule has 0 heterocycles. The second-order valence-corrected chi connectivity index (χ2v) is 7.72. The lowest BCUT2D eigenvalue weighted by Gasteiger charge is -2.10. The Morgan fingerprint density at radius 2 is 1.77 bits per heavy atom. The normalized spacial score (nSPS) is 10.8. The fourth-order valence-electron chi connectivity index (χ4n) is 2.80. The second kappa shape index (κ2) is 10.6. The zero-order valence-electron chi connectivity index (χ0n) is 16.9. The fraction of sp³-hybridized carbons (Fsp3) is 0.167. The molecular weight excluding hydrogens is 444 g/mol. The Morgan fingerprint density at radius 1 is 1.00 bits per heavy atom. The van der Waals surface area contributed by atoms with E-state index in [2.05, 4.69) is 26.5 Å². The van der Waals surface area contributed by atoms with Crippen molar-refractivity contribution >= 4 is 28.1 Å². The molecule has 1 N–H and O–H groups in total. The van der Waals surface area contributed by atoms with Crippen LogP contribution in [0.5, 0.6) is 11.5 Å². The highest BCUT2D eigenvalue weighted by molar-refractivity contribution is 9.10. The molecule has 0 fully saturated rings. The summed E-state index contributed by atoms with van der Waals surface area (Å²) in [7, 11) is 0. The van der Waals surface area contributed by atoms with E-state index in [0.29, 0.717) is 18.1 Å². The third kappa shape index (κ3) is 6.46. The van der Waals surface area contributed by atoms with E-state index in [0.717, 1.165) is 26.7 Å². The highest BCUT2D eigenvalue weighted by Gasteiger charge is 2.06. The Labute approximate surface area is 184 Å². The molecule has 1 amide bonds. The average Bonchev–Trinajstić information content (AvgIpc) is 2.73. The number of hydrogen-bond acceptors (Lipinski definition) is 4. The Balaban J connectivity index is 1.56. The molecule has 0 saturated carbocycles. The van der Waals surface area contributed by atoms with Crippen molar-refractivity contribution in [2.45, 2.75) is 20.5 Å². The van der Waals surface area contributed by atoms with Crippen LogP contribution in [0.25, 0.3) is 0 Å². The van der Waals surface area contributed by atoms with Gasteiger partial charge in [-0.1, -0.05) is 64.0 Å². The van der Waals surface area contributed by atoms with E-state index in [1.54, 1.807) is 6.21 Å². The van der Waals surface area contributed by atoms with Crippen LogP contribution in [-0.4, -0.2) is 18.7 Å². The van der Waals surface area contributed by atoms with E-state index in [1.807, 2.05) is 80.6 Å². The van der Waals surface area contributed by atoms with Crippen molar-refractivity contribution in [2.24, 2.45) is 5.10 Å². The molecule has 30 heavy (non-hydrogen) atoms. The van der Waals surface area contributed by atoms with Crippen LogP contribution in [0.15, 0.2) is 76.3 Å². The third-order valence-electron chi connectivity index (χ3n) is 4.29. The van der Waals surface area contributed by atoms with Crippen LogP contribution in [0, 0.1) is 13.8 Å². The summed E-state index contributed by atoms with van der Waals surface area (Å²) >= 11 is 3.45. The zero-order chi connectivity index (χ0) is 21.3. The van der Waals surface area contributed by atoms with Crippen LogP contribution >= 0.6 is 15.9 Å².